The molecule has 1 aliphatic rings. The van der Waals surface area contributed by atoms with Crippen molar-refractivity contribution >= 4 is 77.2 Å². The lowest BCUT2D eigenvalue weighted by molar-refractivity contribution is 0.669. The molecule has 0 bridgehead atoms. The SMILES string of the molecule is c1ccc(-c2ccc(C3=NC(n4c5ccccc5c5ccc6c7ccccc7n(-c7ccc8c9ccccc9n(-c9ccccc9)c8c7-c7ccccc7)c6c54)=NC(c4cccc(-c5ccccc5)c4)N3)cc2)cc1. The van der Waals surface area contributed by atoms with Crippen molar-refractivity contribution in [2.24, 2.45) is 9.98 Å². The van der Waals surface area contributed by atoms with E-state index in [4.69, 9.17) is 9.98 Å². The van der Waals surface area contributed by atoms with Gasteiger partial charge < -0.3 is 14.5 Å². The molecule has 0 fully saturated rings. The maximum absolute atomic E-state index is 5.68. The van der Waals surface area contributed by atoms with Crippen molar-refractivity contribution in [2.45, 2.75) is 6.17 Å². The van der Waals surface area contributed by atoms with Gasteiger partial charge in [-0.1, -0.05) is 224 Å². The summed E-state index contributed by atoms with van der Waals surface area (Å²) in [6, 6.07) is 95.9. The highest BCUT2D eigenvalue weighted by Gasteiger charge is 2.29. The molecule has 15 rings (SSSR count). The minimum Gasteiger partial charge on any atom is -0.344 e. The van der Waals surface area contributed by atoms with Gasteiger partial charge in [-0.2, -0.15) is 4.99 Å². The van der Waals surface area contributed by atoms with Gasteiger partial charge in [-0.25, -0.2) is 4.99 Å². The van der Waals surface area contributed by atoms with Crippen molar-refractivity contribution in [3.05, 3.63) is 278 Å². The molecule has 0 saturated carbocycles. The highest BCUT2D eigenvalue weighted by molar-refractivity contribution is 6.27. The van der Waals surface area contributed by atoms with Gasteiger partial charge in [-0.05, 0) is 75.8 Å². The lowest BCUT2D eigenvalue weighted by atomic mass is 9.99. The lowest BCUT2D eigenvalue weighted by Gasteiger charge is -2.25. The average molecular weight is 959 g/mol. The highest BCUT2D eigenvalue weighted by atomic mass is 15.3. The van der Waals surface area contributed by atoms with E-state index >= 15 is 0 Å². The summed E-state index contributed by atoms with van der Waals surface area (Å²) in [5, 5.41) is 10.8. The largest absolute Gasteiger partial charge is 0.344 e. The van der Waals surface area contributed by atoms with E-state index in [0.717, 1.165) is 105 Å². The molecule has 14 aromatic rings. The maximum atomic E-state index is 5.68. The third-order valence-corrected chi connectivity index (χ3v) is 15.1. The number of para-hydroxylation sites is 4. The molecule has 1 aliphatic heterocycles. The average Bonchev–Trinajstić information content (AvgIpc) is 4.16. The van der Waals surface area contributed by atoms with Gasteiger partial charge in [0.1, 0.15) is 12.0 Å². The van der Waals surface area contributed by atoms with Crippen molar-refractivity contribution in [1.29, 1.82) is 0 Å². The number of rotatable bonds is 7. The molecular weight excluding hydrogens is 913 g/mol. The second-order valence-corrected chi connectivity index (χ2v) is 19.3. The number of nitrogens with one attached hydrogen (secondary N) is 1. The molecule has 6 nitrogen and oxygen atoms in total. The summed E-state index contributed by atoms with van der Waals surface area (Å²) in [4.78, 5) is 11.3. The Hall–Kier alpha value is -10.0. The van der Waals surface area contributed by atoms with Gasteiger partial charge in [0.15, 0.2) is 0 Å². The number of amidine groups is 1. The number of aliphatic imine (C=N–C) groups is 2. The van der Waals surface area contributed by atoms with Crippen LogP contribution in [0.1, 0.15) is 17.3 Å². The molecule has 1 atom stereocenters. The Morgan fingerprint density at radius 3 is 1.40 bits per heavy atom. The van der Waals surface area contributed by atoms with Crippen LogP contribution in [0.5, 0.6) is 0 Å². The second-order valence-electron chi connectivity index (χ2n) is 19.3. The zero-order chi connectivity index (χ0) is 49.4. The van der Waals surface area contributed by atoms with Gasteiger partial charge in [-0.3, -0.25) is 4.57 Å². The third kappa shape index (κ3) is 6.88. The van der Waals surface area contributed by atoms with E-state index in [9.17, 15) is 0 Å². The molecule has 1 N–H and O–H groups in total. The van der Waals surface area contributed by atoms with E-state index < -0.39 is 6.17 Å². The van der Waals surface area contributed by atoms with Gasteiger partial charge in [0.25, 0.3) is 0 Å². The molecule has 6 heteroatoms. The second kappa shape index (κ2) is 17.3. The van der Waals surface area contributed by atoms with Crippen LogP contribution in [0.2, 0.25) is 0 Å². The van der Waals surface area contributed by atoms with Crippen LogP contribution in [0.4, 0.5) is 0 Å². The molecule has 3 aromatic heterocycles. The van der Waals surface area contributed by atoms with Crippen LogP contribution < -0.4 is 5.32 Å². The first-order valence-electron chi connectivity index (χ1n) is 25.6. The summed E-state index contributed by atoms with van der Waals surface area (Å²) in [5.74, 6) is 1.35. The predicted molar refractivity (Wildman–Crippen MR) is 313 cm³/mol. The van der Waals surface area contributed by atoms with Crippen molar-refractivity contribution in [3.63, 3.8) is 0 Å². The molecule has 11 aromatic carbocycles. The van der Waals surface area contributed by atoms with Crippen LogP contribution in [-0.4, -0.2) is 25.5 Å². The molecule has 0 radical (unpaired) electrons. The normalized spacial score (nSPS) is 13.7. The van der Waals surface area contributed by atoms with Gasteiger partial charge in [-0.15, -0.1) is 0 Å². The van der Waals surface area contributed by atoms with Crippen LogP contribution in [0.15, 0.2) is 277 Å². The first-order chi connectivity index (χ1) is 37.2. The minimum absolute atomic E-state index is 0.460. The summed E-state index contributed by atoms with van der Waals surface area (Å²) in [6.07, 6.45) is -0.460. The Morgan fingerprint density at radius 2 is 0.773 bits per heavy atom. The number of nitrogens with zero attached hydrogens (tertiary/aromatic N) is 5. The summed E-state index contributed by atoms with van der Waals surface area (Å²) in [5.41, 5.74) is 17.6. The molecule has 0 aliphatic carbocycles. The van der Waals surface area contributed by atoms with E-state index in [0.29, 0.717) is 5.96 Å². The summed E-state index contributed by atoms with van der Waals surface area (Å²) >= 11 is 0. The van der Waals surface area contributed by atoms with E-state index in [1.165, 1.54) is 21.7 Å². The molecule has 352 valence electrons. The zero-order valence-electron chi connectivity index (χ0n) is 40.7. The van der Waals surface area contributed by atoms with Gasteiger partial charge in [0.2, 0.25) is 5.96 Å². The van der Waals surface area contributed by atoms with E-state index in [1.54, 1.807) is 0 Å². The van der Waals surface area contributed by atoms with Gasteiger partial charge in [0.05, 0.1) is 38.8 Å². The van der Waals surface area contributed by atoms with Crippen molar-refractivity contribution in [3.8, 4) is 44.8 Å². The lowest BCUT2D eigenvalue weighted by Crippen LogP contribution is -2.35. The van der Waals surface area contributed by atoms with Gasteiger partial charge >= 0.3 is 0 Å². The molecule has 75 heavy (non-hydrogen) atoms. The summed E-state index contributed by atoms with van der Waals surface area (Å²) < 4.78 is 7.31. The fourth-order valence-corrected chi connectivity index (χ4v) is 11.7. The van der Waals surface area contributed by atoms with E-state index in [2.05, 4.69) is 286 Å². The van der Waals surface area contributed by atoms with E-state index in [-0.39, 0.29) is 0 Å². The fourth-order valence-electron chi connectivity index (χ4n) is 11.7. The van der Waals surface area contributed by atoms with E-state index in [1.807, 2.05) is 0 Å². The Bertz CT molecular complexity index is 4580. The summed E-state index contributed by atoms with van der Waals surface area (Å²) in [7, 11) is 0. The monoisotopic (exact) mass is 958 g/mol. The Labute approximate surface area is 433 Å². The quantitative estimate of drug-likeness (QED) is 0.170. The van der Waals surface area contributed by atoms with Gasteiger partial charge in [0, 0.05) is 49.1 Å². The molecule has 1 unspecified atom stereocenters. The molecule has 4 heterocycles. The Kier molecular flexibility index (Phi) is 9.85. The van der Waals surface area contributed by atoms with Crippen LogP contribution in [0, 0.1) is 0 Å². The summed E-state index contributed by atoms with van der Waals surface area (Å²) in [6.45, 7) is 0. The predicted octanol–water partition coefficient (Wildman–Crippen LogP) is 16.9. The zero-order valence-corrected chi connectivity index (χ0v) is 40.7. The van der Waals surface area contributed by atoms with Crippen LogP contribution in [-0.2, 0) is 0 Å². The van der Waals surface area contributed by atoms with Crippen molar-refractivity contribution in [1.82, 2.24) is 19.0 Å². The number of hydrogen-bond acceptors (Lipinski definition) is 3. The van der Waals surface area contributed by atoms with Crippen LogP contribution in [0.3, 0.4) is 0 Å². The third-order valence-electron chi connectivity index (χ3n) is 15.1. The van der Waals surface area contributed by atoms with Crippen molar-refractivity contribution in [2.75, 3.05) is 0 Å². The van der Waals surface area contributed by atoms with Crippen LogP contribution in [0.25, 0.3) is 110 Å². The molecule has 0 spiro atoms. The van der Waals surface area contributed by atoms with Crippen molar-refractivity contribution < 1.29 is 0 Å². The fraction of sp³-hybridized carbons (Fsp3) is 0.0145. The molecule has 0 saturated heterocycles. The highest BCUT2D eigenvalue weighted by Crippen LogP contribution is 2.46. The number of benzene rings is 11. The minimum atomic E-state index is -0.460. The topological polar surface area (TPSA) is 51.5 Å². The number of aromatic nitrogens is 3. The standard InChI is InChI=1S/C69H46N6/c1-5-20-45(21-6-1)47-36-38-49(39-37-47)67-70-68(51-27-19-26-50(44-51)46-22-7-2-8-23-46)72-69(71-67)75-61-35-18-15-32-55(61)58-41-40-57-54-31-14-17-34-60(54)74(65(57)66(58)75)62-43-42-56-53-30-13-16-33-59(53)73(52-28-11-4-12-29-52)64(56)63(62)48-24-9-3-10-25-48/h1-44,68H,(H,70,71,72). The van der Waals surface area contributed by atoms with Crippen LogP contribution >= 0.6 is 0 Å². The Balaban J connectivity index is 1.04. The smallest absolute Gasteiger partial charge is 0.234 e. The maximum Gasteiger partial charge on any atom is 0.234 e. The first-order valence-corrected chi connectivity index (χ1v) is 25.6. The molecular formula is C69H46N6. The Morgan fingerprint density at radius 1 is 0.320 bits per heavy atom. The molecule has 0 amide bonds. The number of hydrogen-bond donors (Lipinski definition) is 1. The first kappa shape index (κ1) is 42.6. The number of fused-ring (bicyclic) bond motifs is 10.